The van der Waals surface area contributed by atoms with Crippen molar-refractivity contribution in [1.82, 2.24) is 5.32 Å². The molecule has 1 atom stereocenters. The van der Waals surface area contributed by atoms with Crippen molar-refractivity contribution < 1.29 is 9.13 Å². The molecule has 0 amide bonds. The second-order valence-electron chi connectivity index (χ2n) is 4.65. The molecule has 1 aromatic rings. The zero-order valence-corrected chi connectivity index (χ0v) is 10.2. The zero-order valence-electron chi connectivity index (χ0n) is 10.2. The minimum Gasteiger partial charge on any atom is -0.494 e. The molecule has 3 N–H and O–H groups in total. The van der Waals surface area contributed by atoms with E-state index in [1.54, 1.807) is 12.1 Å². The molecule has 0 spiro atoms. The first kappa shape index (κ1) is 12.3. The fourth-order valence-electron chi connectivity index (χ4n) is 2.53. The summed E-state index contributed by atoms with van der Waals surface area (Å²) in [5.41, 5.74) is 6.75. The van der Waals surface area contributed by atoms with Gasteiger partial charge in [0, 0.05) is 12.1 Å². The van der Waals surface area contributed by atoms with Crippen LogP contribution in [0.15, 0.2) is 18.2 Å². The maximum absolute atomic E-state index is 13.6. The van der Waals surface area contributed by atoms with E-state index in [-0.39, 0.29) is 17.6 Å². The lowest BCUT2D eigenvalue weighted by Crippen LogP contribution is -2.42. The summed E-state index contributed by atoms with van der Waals surface area (Å²) >= 11 is 0. The summed E-state index contributed by atoms with van der Waals surface area (Å²) < 4.78 is 18.5. The number of methoxy groups -OCH3 is 1. The molecular formula is C13H19FN2O. The molecule has 0 bridgehead atoms. The molecule has 17 heavy (non-hydrogen) atoms. The quantitative estimate of drug-likeness (QED) is 0.841. The summed E-state index contributed by atoms with van der Waals surface area (Å²) in [7, 11) is 3.37. The Hall–Kier alpha value is -1.13. The van der Waals surface area contributed by atoms with E-state index in [1.165, 1.54) is 7.11 Å². The zero-order chi connectivity index (χ0) is 12.4. The van der Waals surface area contributed by atoms with E-state index < -0.39 is 0 Å². The van der Waals surface area contributed by atoms with Gasteiger partial charge in [0.2, 0.25) is 0 Å². The van der Waals surface area contributed by atoms with Gasteiger partial charge in [0.15, 0.2) is 11.6 Å². The lowest BCUT2D eigenvalue weighted by atomic mass is 9.74. The summed E-state index contributed by atoms with van der Waals surface area (Å²) in [5.74, 6) is 0.477. The summed E-state index contributed by atoms with van der Waals surface area (Å²) in [6.07, 6.45) is 2.00. The summed E-state index contributed by atoms with van der Waals surface area (Å²) in [6, 6.07) is 5.61. The van der Waals surface area contributed by atoms with Crippen molar-refractivity contribution in [3.05, 3.63) is 29.6 Å². The van der Waals surface area contributed by atoms with Gasteiger partial charge in [-0.2, -0.15) is 0 Å². The third-order valence-electron chi connectivity index (χ3n) is 3.53. The predicted molar refractivity (Wildman–Crippen MR) is 65.5 cm³/mol. The highest BCUT2D eigenvalue weighted by molar-refractivity contribution is 5.31. The molecule has 1 fully saturated rings. The molecule has 0 aromatic heterocycles. The van der Waals surface area contributed by atoms with Crippen LogP contribution in [0.4, 0.5) is 4.39 Å². The first-order valence-electron chi connectivity index (χ1n) is 5.92. The Kier molecular flexibility index (Phi) is 3.64. The number of nitrogens with two attached hydrogens (primary N) is 1. The van der Waals surface area contributed by atoms with Crippen molar-refractivity contribution in [3.63, 3.8) is 0 Å². The summed E-state index contributed by atoms with van der Waals surface area (Å²) in [5, 5.41) is 3.24. The van der Waals surface area contributed by atoms with Crippen molar-refractivity contribution in [1.29, 1.82) is 0 Å². The molecule has 1 aliphatic rings. The summed E-state index contributed by atoms with van der Waals surface area (Å²) in [6.45, 7) is 0. The van der Waals surface area contributed by atoms with Crippen LogP contribution in [0.5, 0.6) is 5.75 Å². The van der Waals surface area contributed by atoms with Gasteiger partial charge in [-0.05, 0) is 43.5 Å². The smallest absolute Gasteiger partial charge is 0.165 e. The van der Waals surface area contributed by atoms with E-state index in [9.17, 15) is 4.39 Å². The van der Waals surface area contributed by atoms with Crippen molar-refractivity contribution in [2.75, 3.05) is 14.2 Å². The number of nitrogens with one attached hydrogen (secondary N) is 1. The molecule has 1 aliphatic carbocycles. The molecule has 0 radical (unpaired) electrons. The van der Waals surface area contributed by atoms with Crippen LogP contribution >= 0.6 is 0 Å². The largest absolute Gasteiger partial charge is 0.494 e. The second-order valence-corrected chi connectivity index (χ2v) is 4.65. The van der Waals surface area contributed by atoms with Crippen molar-refractivity contribution in [3.8, 4) is 5.75 Å². The Morgan fingerprint density at radius 2 is 2.18 bits per heavy atom. The molecule has 0 saturated heterocycles. The number of halogens is 1. The van der Waals surface area contributed by atoms with Crippen LogP contribution in [0.25, 0.3) is 0 Å². The van der Waals surface area contributed by atoms with Gasteiger partial charge in [-0.25, -0.2) is 4.39 Å². The number of hydrogen-bond acceptors (Lipinski definition) is 3. The number of hydrogen-bond donors (Lipinski definition) is 2. The Morgan fingerprint density at radius 1 is 1.47 bits per heavy atom. The van der Waals surface area contributed by atoms with Crippen molar-refractivity contribution >= 4 is 0 Å². The van der Waals surface area contributed by atoms with Crippen LogP contribution in [0.3, 0.4) is 0 Å². The highest BCUT2D eigenvalue weighted by Gasteiger charge is 2.33. The Balaban J connectivity index is 2.16. The molecule has 0 heterocycles. The Labute approximate surface area is 101 Å². The minimum absolute atomic E-state index is 0.176. The molecule has 1 saturated carbocycles. The van der Waals surface area contributed by atoms with Gasteiger partial charge in [0.1, 0.15) is 0 Å². The highest BCUT2D eigenvalue weighted by Crippen LogP contribution is 2.37. The SMILES string of the molecule is CNC(c1ccc(OC)c(F)c1)C1CC(N)C1. The van der Waals surface area contributed by atoms with E-state index in [4.69, 9.17) is 10.5 Å². The van der Waals surface area contributed by atoms with Crippen LogP contribution in [-0.4, -0.2) is 20.2 Å². The van der Waals surface area contributed by atoms with Gasteiger partial charge in [-0.1, -0.05) is 6.07 Å². The third-order valence-corrected chi connectivity index (χ3v) is 3.53. The fraction of sp³-hybridized carbons (Fsp3) is 0.538. The summed E-state index contributed by atoms with van der Waals surface area (Å²) in [4.78, 5) is 0. The van der Waals surface area contributed by atoms with E-state index >= 15 is 0 Å². The van der Waals surface area contributed by atoms with Gasteiger partial charge in [-0.15, -0.1) is 0 Å². The normalized spacial score (nSPS) is 25.2. The van der Waals surface area contributed by atoms with Gasteiger partial charge in [-0.3, -0.25) is 0 Å². The first-order chi connectivity index (χ1) is 8.15. The molecular weight excluding hydrogens is 219 g/mol. The number of rotatable bonds is 4. The van der Waals surface area contributed by atoms with Gasteiger partial charge < -0.3 is 15.8 Å². The average Bonchev–Trinajstić information content (AvgIpc) is 2.28. The Morgan fingerprint density at radius 3 is 2.65 bits per heavy atom. The second kappa shape index (κ2) is 5.02. The lowest BCUT2D eigenvalue weighted by Gasteiger charge is -2.38. The molecule has 1 unspecified atom stereocenters. The average molecular weight is 238 g/mol. The van der Waals surface area contributed by atoms with Gasteiger partial charge in [0.25, 0.3) is 0 Å². The molecule has 0 aliphatic heterocycles. The molecule has 3 nitrogen and oxygen atoms in total. The first-order valence-corrected chi connectivity index (χ1v) is 5.92. The van der Waals surface area contributed by atoms with E-state index in [0.717, 1.165) is 18.4 Å². The number of ether oxygens (including phenoxy) is 1. The van der Waals surface area contributed by atoms with Gasteiger partial charge >= 0.3 is 0 Å². The topological polar surface area (TPSA) is 47.3 Å². The lowest BCUT2D eigenvalue weighted by molar-refractivity contribution is 0.203. The van der Waals surface area contributed by atoms with Crippen molar-refractivity contribution in [2.45, 2.75) is 24.9 Å². The number of benzene rings is 1. The fourth-order valence-corrected chi connectivity index (χ4v) is 2.53. The third kappa shape index (κ3) is 2.42. The van der Waals surface area contributed by atoms with Gasteiger partial charge in [0.05, 0.1) is 7.11 Å². The van der Waals surface area contributed by atoms with E-state index in [1.807, 2.05) is 13.1 Å². The van der Waals surface area contributed by atoms with Crippen LogP contribution in [-0.2, 0) is 0 Å². The monoisotopic (exact) mass is 238 g/mol. The molecule has 2 rings (SSSR count). The molecule has 94 valence electrons. The Bertz CT molecular complexity index is 391. The van der Waals surface area contributed by atoms with Crippen molar-refractivity contribution in [2.24, 2.45) is 11.7 Å². The minimum atomic E-state index is -0.311. The molecule has 1 aromatic carbocycles. The maximum atomic E-state index is 13.6. The highest BCUT2D eigenvalue weighted by atomic mass is 19.1. The van der Waals surface area contributed by atoms with Crippen LogP contribution in [0, 0.1) is 11.7 Å². The van der Waals surface area contributed by atoms with E-state index in [0.29, 0.717) is 12.0 Å². The van der Waals surface area contributed by atoms with Crippen LogP contribution < -0.4 is 15.8 Å². The maximum Gasteiger partial charge on any atom is 0.165 e. The van der Waals surface area contributed by atoms with E-state index in [2.05, 4.69) is 5.32 Å². The van der Waals surface area contributed by atoms with Crippen LogP contribution in [0.2, 0.25) is 0 Å². The molecule has 4 heteroatoms. The predicted octanol–water partition coefficient (Wildman–Crippen LogP) is 1.83. The standard InChI is InChI=1S/C13H19FN2O/c1-16-13(9-5-10(15)6-9)8-3-4-12(17-2)11(14)7-8/h3-4,7,9-10,13,16H,5-6,15H2,1-2H3. The van der Waals surface area contributed by atoms with Crippen LogP contribution in [0.1, 0.15) is 24.4 Å².